The molecule has 0 aliphatic rings. The third kappa shape index (κ3) is 3.32. The SMILES string of the molecule is CCN(C)/C=N/c1cc(C)c(C(=O)OC)cc1C. The van der Waals surface area contributed by atoms with E-state index in [-0.39, 0.29) is 5.97 Å². The van der Waals surface area contributed by atoms with Crippen molar-refractivity contribution in [2.24, 2.45) is 4.99 Å². The maximum absolute atomic E-state index is 11.5. The van der Waals surface area contributed by atoms with Gasteiger partial charge in [0.1, 0.15) is 0 Å². The largest absolute Gasteiger partial charge is 0.465 e. The van der Waals surface area contributed by atoms with Crippen LogP contribution in [0.2, 0.25) is 0 Å². The number of benzene rings is 1. The van der Waals surface area contributed by atoms with Crippen LogP contribution >= 0.6 is 0 Å². The summed E-state index contributed by atoms with van der Waals surface area (Å²) in [4.78, 5) is 17.9. The van der Waals surface area contributed by atoms with E-state index in [4.69, 9.17) is 4.74 Å². The Morgan fingerprint density at radius 2 is 2.06 bits per heavy atom. The number of nitrogens with zero attached hydrogens (tertiary/aromatic N) is 2. The second-order valence-corrected chi connectivity index (χ2v) is 4.26. The lowest BCUT2D eigenvalue weighted by atomic mass is 10.0. The summed E-state index contributed by atoms with van der Waals surface area (Å²) in [5, 5.41) is 0. The molecule has 0 heterocycles. The van der Waals surface area contributed by atoms with Crippen LogP contribution < -0.4 is 0 Å². The summed E-state index contributed by atoms with van der Waals surface area (Å²) < 4.78 is 4.74. The van der Waals surface area contributed by atoms with Gasteiger partial charge in [-0.3, -0.25) is 0 Å². The Kier molecular flexibility index (Phi) is 4.89. The monoisotopic (exact) mass is 248 g/mol. The summed E-state index contributed by atoms with van der Waals surface area (Å²) in [6, 6.07) is 3.72. The van der Waals surface area contributed by atoms with Gasteiger partial charge in [-0.25, -0.2) is 9.79 Å². The first-order valence-corrected chi connectivity index (χ1v) is 5.93. The summed E-state index contributed by atoms with van der Waals surface area (Å²) in [7, 11) is 3.36. The Morgan fingerprint density at radius 3 is 2.61 bits per heavy atom. The molecule has 0 fully saturated rings. The molecule has 0 aliphatic carbocycles. The van der Waals surface area contributed by atoms with Crippen LogP contribution in [0.25, 0.3) is 0 Å². The summed E-state index contributed by atoms with van der Waals surface area (Å²) in [6.45, 7) is 6.78. The highest BCUT2D eigenvalue weighted by Gasteiger charge is 2.11. The predicted molar refractivity (Wildman–Crippen MR) is 73.7 cm³/mol. The minimum absolute atomic E-state index is 0.309. The van der Waals surface area contributed by atoms with Crippen molar-refractivity contribution in [1.82, 2.24) is 4.90 Å². The fraction of sp³-hybridized carbons (Fsp3) is 0.429. The standard InChI is InChI=1S/C14H20N2O2/c1-6-16(4)9-15-13-8-10(2)12(7-11(13)3)14(17)18-5/h7-9H,6H2,1-5H3/b15-9+. The molecule has 0 N–H and O–H groups in total. The molecule has 0 radical (unpaired) electrons. The van der Waals surface area contributed by atoms with Crippen LogP contribution in [-0.4, -0.2) is 37.9 Å². The number of rotatable bonds is 4. The van der Waals surface area contributed by atoms with E-state index in [0.29, 0.717) is 5.56 Å². The highest BCUT2D eigenvalue weighted by molar-refractivity contribution is 5.92. The van der Waals surface area contributed by atoms with Crippen LogP contribution in [0.1, 0.15) is 28.4 Å². The van der Waals surface area contributed by atoms with Crippen molar-refractivity contribution in [2.75, 3.05) is 20.7 Å². The first kappa shape index (κ1) is 14.2. The van der Waals surface area contributed by atoms with Gasteiger partial charge < -0.3 is 9.64 Å². The maximum atomic E-state index is 11.5. The third-order valence-electron chi connectivity index (χ3n) is 2.84. The molecule has 1 rings (SSSR count). The highest BCUT2D eigenvalue weighted by atomic mass is 16.5. The van der Waals surface area contributed by atoms with Crippen LogP contribution in [0.3, 0.4) is 0 Å². The Balaban J connectivity index is 3.07. The van der Waals surface area contributed by atoms with Crippen LogP contribution in [0.15, 0.2) is 17.1 Å². The fourth-order valence-electron chi connectivity index (χ4n) is 1.51. The number of ether oxygens (including phenoxy) is 1. The van der Waals surface area contributed by atoms with Crippen molar-refractivity contribution in [1.29, 1.82) is 0 Å². The fourth-order valence-corrected chi connectivity index (χ4v) is 1.51. The van der Waals surface area contributed by atoms with Crippen LogP contribution in [-0.2, 0) is 4.74 Å². The Bertz CT molecular complexity index is 467. The second-order valence-electron chi connectivity index (χ2n) is 4.26. The zero-order valence-corrected chi connectivity index (χ0v) is 11.7. The lowest BCUT2D eigenvalue weighted by Gasteiger charge is -2.10. The van der Waals surface area contributed by atoms with Gasteiger partial charge in [-0.1, -0.05) is 0 Å². The van der Waals surface area contributed by atoms with Gasteiger partial charge >= 0.3 is 5.97 Å². The molecule has 0 amide bonds. The maximum Gasteiger partial charge on any atom is 0.338 e. The first-order valence-electron chi connectivity index (χ1n) is 5.93. The number of aliphatic imine (C=N–C) groups is 1. The molecule has 4 nitrogen and oxygen atoms in total. The average molecular weight is 248 g/mol. The minimum Gasteiger partial charge on any atom is -0.465 e. The van der Waals surface area contributed by atoms with Crippen LogP contribution in [0.5, 0.6) is 0 Å². The zero-order valence-electron chi connectivity index (χ0n) is 11.7. The minimum atomic E-state index is -0.309. The van der Waals surface area contributed by atoms with Gasteiger partial charge in [0.15, 0.2) is 0 Å². The Hall–Kier alpha value is -1.84. The van der Waals surface area contributed by atoms with Gasteiger partial charge in [-0.2, -0.15) is 0 Å². The van der Waals surface area contributed by atoms with Gasteiger partial charge in [0, 0.05) is 13.6 Å². The molecular formula is C14H20N2O2. The topological polar surface area (TPSA) is 41.9 Å². The summed E-state index contributed by atoms with van der Waals surface area (Å²) in [5.41, 5.74) is 3.30. The van der Waals surface area contributed by atoms with E-state index in [0.717, 1.165) is 23.4 Å². The molecule has 0 unspecified atom stereocenters. The van der Waals surface area contributed by atoms with Crippen molar-refractivity contribution in [3.63, 3.8) is 0 Å². The molecule has 4 heteroatoms. The quantitative estimate of drug-likeness (QED) is 0.467. The van der Waals surface area contributed by atoms with Crippen molar-refractivity contribution in [2.45, 2.75) is 20.8 Å². The number of aryl methyl sites for hydroxylation is 2. The summed E-state index contributed by atoms with van der Waals surface area (Å²) in [6.07, 6.45) is 1.79. The van der Waals surface area contributed by atoms with Gasteiger partial charge in [0.05, 0.1) is 24.7 Å². The molecule has 0 saturated heterocycles. The van der Waals surface area contributed by atoms with E-state index >= 15 is 0 Å². The molecule has 0 aromatic heterocycles. The first-order chi connectivity index (χ1) is 8.49. The van der Waals surface area contributed by atoms with Gasteiger partial charge in [0.25, 0.3) is 0 Å². The molecule has 1 aromatic carbocycles. The number of carbonyl (C=O) groups excluding carboxylic acids is 1. The van der Waals surface area contributed by atoms with E-state index in [9.17, 15) is 4.79 Å². The number of esters is 1. The van der Waals surface area contributed by atoms with Gasteiger partial charge in [-0.15, -0.1) is 0 Å². The zero-order chi connectivity index (χ0) is 13.7. The number of hydrogen-bond donors (Lipinski definition) is 0. The summed E-state index contributed by atoms with van der Waals surface area (Å²) >= 11 is 0. The van der Waals surface area contributed by atoms with Gasteiger partial charge in [0.2, 0.25) is 0 Å². The Labute approximate surface area is 108 Å². The van der Waals surface area contributed by atoms with E-state index in [2.05, 4.69) is 11.9 Å². The highest BCUT2D eigenvalue weighted by Crippen LogP contribution is 2.23. The van der Waals surface area contributed by atoms with E-state index in [1.807, 2.05) is 37.9 Å². The number of hydrogen-bond acceptors (Lipinski definition) is 3. The van der Waals surface area contributed by atoms with E-state index in [1.54, 1.807) is 6.34 Å². The molecule has 0 atom stereocenters. The third-order valence-corrected chi connectivity index (χ3v) is 2.84. The van der Waals surface area contributed by atoms with Gasteiger partial charge in [-0.05, 0) is 44.0 Å². The smallest absolute Gasteiger partial charge is 0.338 e. The van der Waals surface area contributed by atoms with Crippen LogP contribution in [0.4, 0.5) is 5.69 Å². The Morgan fingerprint density at radius 1 is 1.39 bits per heavy atom. The molecule has 98 valence electrons. The number of methoxy groups -OCH3 is 1. The summed E-state index contributed by atoms with van der Waals surface area (Å²) in [5.74, 6) is -0.309. The molecule has 0 bridgehead atoms. The molecule has 0 aliphatic heterocycles. The number of carbonyl (C=O) groups is 1. The lowest BCUT2D eigenvalue weighted by Crippen LogP contribution is -2.14. The average Bonchev–Trinajstić information content (AvgIpc) is 2.37. The van der Waals surface area contributed by atoms with Crippen molar-refractivity contribution >= 4 is 18.0 Å². The van der Waals surface area contributed by atoms with Crippen molar-refractivity contribution < 1.29 is 9.53 Å². The molecule has 0 spiro atoms. The predicted octanol–water partition coefficient (Wildman–Crippen LogP) is 2.70. The molecule has 0 saturated carbocycles. The van der Waals surface area contributed by atoms with Crippen molar-refractivity contribution in [3.05, 3.63) is 28.8 Å². The van der Waals surface area contributed by atoms with Crippen molar-refractivity contribution in [3.8, 4) is 0 Å². The second kappa shape index (κ2) is 6.19. The van der Waals surface area contributed by atoms with Crippen LogP contribution in [0, 0.1) is 13.8 Å². The van der Waals surface area contributed by atoms with E-state index < -0.39 is 0 Å². The molecule has 1 aromatic rings. The normalized spacial score (nSPS) is 10.7. The molecule has 18 heavy (non-hydrogen) atoms. The molecular weight excluding hydrogens is 228 g/mol. The van der Waals surface area contributed by atoms with E-state index in [1.165, 1.54) is 7.11 Å². The lowest BCUT2D eigenvalue weighted by molar-refractivity contribution is 0.0600.